The Balaban J connectivity index is 1.91. The Morgan fingerprint density at radius 2 is 1.52 bits per heavy atom. The Kier molecular flexibility index (Phi) is 10.3. The zero-order valence-electron chi connectivity index (χ0n) is 18.4. The van der Waals surface area contributed by atoms with Gasteiger partial charge in [0.05, 0.1) is 13.1 Å². The smallest absolute Gasteiger partial charge is 0.330 e. The molecule has 0 N–H and O–H groups in total. The van der Waals surface area contributed by atoms with Crippen molar-refractivity contribution in [3.8, 4) is 5.75 Å². The van der Waals surface area contributed by atoms with Gasteiger partial charge in [-0.15, -0.1) is 0 Å². The fourth-order valence-electron chi connectivity index (χ4n) is 2.88. The zero-order chi connectivity index (χ0) is 24.1. The first-order valence-corrected chi connectivity index (χ1v) is 10.4. The molecule has 8 heteroatoms. The molecule has 1 aromatic rings. The monoisotopic (exact) mass is 453 g/mol. The fourth-order valence-corrected chi connectivity index (χ4v) is 2.88. The van der Waals surface area contributed by atoms with E-state index in [1.807, 2.05) is 18.2 Å². The maximum atomic E-state index is 12.6. The molecule has 0 atom stereocenters. The molecule has 2 rings (SSSR count). The summed E-state index contributed by atoms with van der Waals surface area (Å²) in [6.45, 7) is 6.41. The third kappa shape index (κ3) is 8.60. The quantitative estimate of drug-likeness (QED) is 0.257. The molecule has 1 amide bonds. The van der Waals surface area contributed by atoms with E-state index < -0.39 is 17.8 Å². The SMILES string of the molecule is C=CC(=O)OCCN(CCOC(=O)C=C)C(=O)COc1ccc(C(=O)C2=CCCC=C2)cc1. The number of carbonyl (C=O) groups excluding carboxylic acids is 4. The second-order valence-electron chi connectivity index (χ2n) is 6.91. The lowest BCUT2D eigenvalue weighted by atomic mass is 9.98. The molecule has 8 nitrogen and oxygen atoms in total. The summed E-state index contributed by atoms with van der Waals surface area (Å²) >= 11 is 0. The molecular weight excluding hydrogens is 426 g/mol. The van der Waals surface area contributed by atoms with Gasteiger partial charge in [0, 0.05) is 23.3 Å². The highest BCUT2D eigenvalue weighted by Crippen LogP contribution is 2.18. The first-order valence-electron chi connectivity index (χ1n) is 10.4. The summed E-state index contributed by atoms with van der Waals surface area (Å²) in [5.41, 5.74) is 1.19. The molecular formula is C25H27NO7. The lowest BCUT2D eigenvalue weighted by Gasteiger charge is -2.22. The highest BCUT2D eigenvalue weighted by Gasteiger charge is 2.16. The van der Waals surface area contributed by atoms with Crippen LogP contribution in [-0.4, -0.2) is 61.4 Å². The fraction of sp³-hybridized carbons (Fsp3) is 0.280. The van der Waals surface area contributed by atoms with Crippen LogP contribution in [0.3, 0.4) is 0 Å². The Labute approximate surface area is 192 Å². The second kappa shape index (κ2) is 13.5. The Morgan fingerprint density at radius 1 is 0.909 bits per heavy atom. The van der Waals surface area contributed by atoms with E-state index in [2.05, 4.69) is 13.2 Å². The zero-order valence-corrected chi connectivity index (χ0v) is 18.4. The molecule has 0 spiro atoms. The van der Waals surface area contributed by atoms with Gasteiger partial charge in [0.15, 0.2) is 12.4 Å². The number of allylic oxidation sites excluding steroid dienone is 4. The van der Waals surface area contributed by atoms with E-state index in [9.17, 15) is 19.2 Å². The molecule has 0 saturated heterocycles. The first kappa shape index (κ1) is 25.3. The topological polar surface area (TPSA) is 99.2 Å². The van der Waals surface area contributed by atoms with Crippen molar-refractivity contribution in [2.75, 3.05) is 32.9 Å². The normalized spacial score (nSPS) is 12.2. The number of nitrogens with zero attached hydrogens (tertiary/aromatic N) is 1. The van der Waals surface area contributed by atoms with E-state index >= 15 is 0 Å². The molecule has 1 aliphatic rings. The summed E-state index contributed by atoms with van der Waals surface area (Å²) in [5, 5.41) is 0. The molecule has 0 aromatic heterocycles. The minimum atomic E-state index is -0.606. The van der Waals surface area contributed by atoms with Gasteiger partial charge in [-0.25, -0.2) is 9.59 Å². The number of rotatable bonds is 13. The van der Waals surface area contributed by atoms with Crippen LogP contribution in [0.4, 0.5) is 0 Å². The summed E-state index contributed by atoms with van der Waals surface area (Å²) in [7, 11) is 0. The number of benzene rings is 1. The Bertz CT molecular complexity index is 918. The number of hydrogen-bond donors (Lipinski definition) is 0. The number of carbonyl (C=O) groups is 4. The number of Topliss-reactive ketones (excluding diaryl/α,β-unsaturated/α-hetero) is 1. The van der Waals surface area contributed by atoms with E-state index in [1.165, 1.54) is 4.90 Å². The molecule has 0 aliphatic heterocycles. The summed E-state index contributed by atoms with van der Waals surface area (Å²) < 4.78 is 15.4. The van der Waals surface area contributed by atoms with Crippen LogP contribution in [0.15, 0.2) is 73.4 Å². The van der Waals surface area contributed by atoms with E-state index in [0.717, 1.165) is 25.0 Å². The summed E-state index contributed by atoms with van der Waals surface area (Å²) in [4.78, 5) is 48.9. The third-order valence-electron chi connectivity index (χ3n) is 4.63. The minimum Gasteiger partial charge on any atom is -0.484 e. The summed E-state index contributed by atoms with van der Waals surface area (Å²) in [6.07, 6.45) is 9.53. The number of amides is 1. The van der Waals surface area contributed by atoms with Crippen LogP contribution >= 0.6 is 0 Å². The van der Waals surface area contributed by atoms with Crippen LogP contribution in [-0.2, 0) is 23.9 Å². The van der Waals surface area contributed by atoms with Crippen molar-refractivity contribution in [2.45, 2.75) is 12.8 Å². The predicted octanol–water partition coefficient (Wildman–Crippen LogP) is 2.81. The highest BCUT2D eigenvalue weighted by atomic mass is 16.5. The minimum absolute atomic E-state index is 0.0485. The van der Waals surface area contributed by atoms with Gasteiger partial charge in [-0.2, -0.15) is 0 Å². The van der Waals surface area contributed by atoms with Gasteiger partial charge < -0.3 is 19.1 Å². The molecule has 1 aromatic carbocycles. The average Bonchev–Trinajstić information content (AvgIpc) is 2.86. The third-order valence-corrected chi connectivity index (χ3v) is 4.63. The van der Waals surface area contributed by atoms with Crippen molar-refractivity contribution < 1.29 is 33.4 Å². The van der Waals surface area contributed by atoms with Gasteiger partial charge in [-0.05, 0) is 37.1 Å². The van der Waals surface area contributed by atoms with Crippen LogP contribution in [0, 0.1) is 0 Å². The maximum Gasteiger partial charge on any atom is 0.330 e. The van der Waals surface area contributed by atoms with E-state index in [0.29, 0.717) is 16.9 Å². The molecule has 33 heavy (non-hydrogen) atoms. The maximum absolute atomic E-state index is 12.6. The van der Waals surface area contributed by atoms with Gasteiger partial charge in [0.1, 0.15) is 19.0 Å². The van der Waals surface area contributed by atoms with Crippen molar-refractivity contribution >= 4 is 23.6 Å². The van der Waals surface area contributed by atoms with Crippen molar-refractivity contribution in [1.29, 1.82) is 0 Å². The van der Waals surface area contributed by atoms with Crippen LogP contribution in [0.2, 0.25) is 0 Å². The van der Waals surface area contributed by atoms with Crippen molar-refractivity contribution in [3.63, 3.8) is 0 Å². The Hall–Kier alpha value is -3.94. The number of hydrogen-bond acceptors (Lipinski definition) is 7. The van der Waals surface area contributed by atoms with Crippen LogP contribution < -0.4 is 4.74 Å². The van der Waals surface area contributed by atoms with Gasteiger partial charge in [0.25, 0.3) is 5.91 Å². The van der Waals surface area contributed by atoms with Crippen LogP contribution in [0.1, 0.15) is 23.2 Å². The van der Waals surface area contributed by atoms with Crippen molar-refractivity contribution in [2.24, 2.45) is 0 Å². The van der Waals surface area contributed by atoms with Crippen LogP contribution in [0.25, 0.3) is 0 Å². The predicted molar refractivity (Wildman–Crippen MR) is 122 cm³/mol. The Morgan fingerprint density at radius 3 is 2.03 bits per heavy atom. The summed E-state index contributed by atoms with van der Waals surface area (Å²) in [5.74, 6) is -1.25. The molecule has 0 unspecified atom stereocenters. The van der Waals surface area contributed by atoms with Crippen molar-refractivity contribution in [1.82, 2.24) is 4.90 Å². The van der Waals surface area contributed by atoms with Gasteiger partial charge in [0.2, 0.25) is 0 Å². The number of ether oxygens (including phenoxy) is 3. The van der Waals surface area contributed by atoms with Crippen LogP contribution in [0.5, 0.6) is 5.75 Å². The van der Waals surface area contributed by atoms with Crippen molar-refractivity contribution in [3.05, 3.63) is 78.9 Å². The molecule has 0 radical (unpaired) electrons. The lowest BCUT2D eigenvalue weighted by Crippen LogP contribution is -2.40. The van der Waals surface area contributed by atoms with Gasteiger partial charge in [-0.1, -0.05) is 31.4 Å². The van der Waals surface area contributed by atoms with Gasteiger partial charge >= 0.3 is 11.9 Å². The lowest BCUT2D eigenvalue weighted by molar-refractivity contribution is -0.143. The highest BCUT2D eigenvalue weighted by molar-refractivity contribution is 6.10. The molecule has 0 saturated carbocycles. The largest absolute Gasteiger partial charge is 0.484 e. The molecule has 1 aliphatic carbocycles. The molecule has 0 heterocycles. The van der Waals surface area contributed by atoms with E-state index in [1.54, 1.807) is 24.3 Å². The summed E-state index contributed by atoms with van der Waals surface area (Å²) in [6, 6.07) is 6.53. The number of esters is 2. The molecule has 174 valence electrons. The molecule has 0 fully saturated rings. The average molecular weight is 453 g/mol. The second-order valence-corrected chi connectivity index (χ2v) is 6.91. The van der Waals surface area contributed by atoms with Gasteiger partial charge in [-0.3, -0.25) is 9.59 Å². The number of ketones is 1. The first-order chi connectivity index (χ1) is 15.9. The standard InChI is InChI=1S/C25H27NO7/c1-3-23(28)31-16-14-26(15-17-32-24(29)4-2)22(27)18-33-21-12-10-20(11-13-21)25(30)19-8-6-5-7-9-19/h3-4,6,8-13H,1-2,5,7,14-18H2. The van der Waals surface area contributed by atoms with E-state index in [-0.39, 0.29) is 38.7 Å². The molecule has 0 bridgehead atoms. The van der Waals surface area contributed by atoms with E-state index in [4.69, 9.17) is 14.2 Å².